The molecule has 2 aliphatic rings. The van der Waals surface area contributed by atoms with Gasteiger partial charge in [-0.15, -0.1) is 0 Å². The standard InChI is InChI=1S/C15H20N2O3.C7H8/c1-20-14-5-3-2-4-13(14)16-15(19)17-8-10-6-12(18)7-11(10)9-17;1-7-5-3-2-4-6-7/h2-5,10-12,18H,6-9H2,1H3,(H,16,19);2-6H,1H3/t10-,11+,12?;. The van der Waals surface area contributed by atoms with Crippen LogP contribution in [0.25, 0.3) is 0 Å². The van der Waals surface area contributed by atoms with Gasteiger partial charge in [0, 0.05) is 13.1 Å². The molecule has 2 amide bonds. The number of ether oxygens (including phenoxy) is 1. The van der Waals surface area contributed by atoms with Crippen molar-refractivity contribution in [1.82, 2.24) is 4.90 Å². The Labute approximate surface area is 161 Å². The van der Waals surface area contributed by atoms with Gasteiger partial charge in [-0.3, -0.25) is 0 Å². The fraction of sp³-hybridized carbons (Fsp3) is 0.409. The van der Waals surface area contributed by atoms with E-state index < -0.39 is 0 Å². The van der Waals surface area contributed by atoms with Crippen LogP contribution < -0.4 is 10.1 Å². The summed E-state index contributed by atoms with van der Waals surface area (Å²) in [5.41, 5.74) is 2.01. The molecule has 2 aromatic carbocycles. The van der Waals surface area contributed by atoms with Gasteiger partial charge in [0.2, 0.25) is 0 Å². The lowest BCUT2D eigenvalue weighted by molar-refractivity contribution is 0.163. The third-order valence-corrected chi connectivity index (χ3v) is 5.30. The maximum atomic E-state index is 12.3. The molecule has 1 aliphatic heterocycles. The molecule has 1 aliphatic carbocycles. The number of para-hydroxylation sites is 2. The van der Waals surface area contributed by atoms with Crippen LogP contribution in [0, 0.1) is 18.8 Å². The third kappa shape index (κ3) is 5.01. The predicted octanol–water partition coefficient (Wildman–Crippen LogP) is 3.92. The highest BCUT2D eigenvalue weighted by atomic mass is 16.5. The number of fused-ring (bicyclic) bond motifs is 1. The number of aliphatic hydroxyl groups is 1. The zero-order valence-electron chi connectivity index (χ0n) is 16.0. The third-order valence-electron chi connectivity index (χ3n) is 5.30. The first kappa shape index (κ1) is 19.2. The van der Waals surface area contributed by atoms with E-state index in [-0.39, 0.29) is 12.1 Å². The summed E-state index contributed by atoms with van der Waals surface area (Å²) < 4.78 is 5.23. The highest BCUT2D eigenvalue weighted by Gasteiger charge is 2.41. The van der Waals surface area contributed by atoms with E-state index in [2.05, 4.69) is 24.4 Å². The van der Waals surface area contributed by atoms with Gasteiger partial charge < -0.3 is 20.1 Å². The van der Waals surface area contributed by atoms with Crippen LogP contribution in [0.4, 0.5) is 10.5 Å². The van der Waals surface area contributed by atoms with Gasteiger partial charge in [-0.1, -0.05) is 48.0 Å². The van der Waals surface area contributed by atoms with E-state index >= 15 is 0 Å². The molecule has 2 aromatic rings. The van der Waals surface area contributed by atoms with Gasteiger partial charge in [-0.25, -0.2) is 4.79 Å². The summed E-state index contributed by atoms with van der Waals surface area (Å²) >= 11 is 0. The first-order valence-electron chi connectivity index (χ1n) is 9.45. The Kier molecular flexibility index (Phi) is 6.35. The number of carbonyl (C=O) groups excluding carboxylic acids is 1. The van der Waals surface area contributed by atoms with Crippen molar-refractivity contribution in [2.45, 2.75) is 25.9 Å². The van der Waals surface area contributed by atoms with Gasteiger partial charge in [-0.2, -0.15) is 0 Å². The minimum atomic E-state index is -0.176. The minimum absolute atomic E-state index is 0.0848. The average Bonchev–Trinajstić information content (AvgIpc) is 3.21. The van der Waals surface area contributed by atoms with Crippen LogP contribution in [0.2, 0.25) is 0 Å². The molecule has 2 fully saturated rings. The molecular weight excluding hydrogens is 340 g/mol. The summed E-state index contributed by atoms with van der Waals surface area (Å²) in [7, 11) is 1.59. The Morgan fingerprint density at radius 2 is 1.63 bits per heavy atom. The molecule has 1 saturated carbocycles. The van der Waals surface area contributed by atoms with Crippen LogP contribution in [0.5, 0.6) is 5.75 Å². The van der Waals surface area contributed by atoms with E-state index in [0.29, 0.717) is 23.3 Å². The predicted molar refractivity (Wildman–Crippen MR) is 107 cm³/mol. The first-order valence-corrected chi connectivity index (χ1v) is 9.45. The van der Waals surface area contributed by atoms with Crippen LogP contribution in [0.3, 0.4) is 0 Å². The van der Waals surface area contributed by atoms with Gasteiger partial charge in [-0.05, 0) is 43.7 Å². The molecule has 0 aromatic heterocycles. The number of rotatable bonds is 2. The van der Waals surface area contributed by atoms with Crippen molar-refractivity contribution in [3.05, 3.63) is 60.2 Å². The topological polar surface area (TPSA) is 61.8 Å². The fourth-order valence-corrected chi connectivity index (χ4v) is 3.91. The number of anilines is 1. The number of nitrogens with zero attached hydrogens (tertiary/aromatic N) is 1. The lowest BCUT2D eigenvalue weighted by Crippen LogP contribution is -2.34. The number of carbonyl (C=O) groups is 1. The first-order chi connectivity index (χ1) is 13.1. The smallest absolute Gasteiger partial charge is 0.321 e. The molecule has 27 heavy (non-hydrogen) atoms. The van der Waals surface area contributed by atoms with Crippen LogP contribution in [-0.2, 0) is 0 Å². The molecule has 1 unspecified atom stereocenters. The summed E-state index contributed by atoms with van der Waals surface area (Å²) in [5.74, 6) is 1.57. The number of aryl methyl sites for hydroxylation is 1. The van der Waals surface area contributed by atoms with Gasteiger partial charge in [0.15, 0.2) is 0 Å². The van der Waals surface area contributed by atoms with Crippen LogP contribution >= 0.6 is 0 Å². The van der Waals surface area contributed by atoms with E-state index in [1.54, 1.807) is 7.11 Å². The number of hydrogen-bond donors (Lipinski definition) is 2. The van der Waals surface area contributed by atoms with Crippen molar-refractivity contribution >= 4 is 11.7 Å². The second-order valence-corrected chi connectivity index (χ2v) is 7.34. The maximum Gasteiger partial charge on any atom is 0.321 e. The Morgan fingerprint density at radius 1 is 1.04 bits per heavy atom. The summed E-state index contributed by atoms with van der Waals surface area (Å²) in [6, 6.07) is 17.6. The second kappa shape index (κ2) is 8.91. The Hall–Kier alpha value is -2.53. The van der Waals surface area contributed by atoms with Gasteiger partial charge in [0.05, 0.1) is 18.9 Å². The molecule has 0 spiro atoms. The molecule has 2 N–H and O–H groups in total. The molecule has 5 nitrogen and oxygen atoms in total. The molecule has 5 heteroatoms. The Balaban J connectivity index is 0.000000253. The largest absolute Gasteiger partial charge is 0.495 e. The fourth-order valence-electron chi connectivity index (χ4n) is 3.91. The second-order valence-electron chi connectivity index (χ2n) is 7.34. The van der Waals surface area contributed by atoms with Crippen molar-refractivity contribution in [1.29, 1.82) is 0 Å². The van der Waals surface area contributed by atoms with E-state index in [9.17, 15) is 9.90 Å². The van der Waals surface area contributed by atoms with Crippen LogP contribution in [0.1, 0.15) is 18.4 Å². The Bertz CT molecular complexity index is 736. The highest BCUT2D eigenvalue weighted by molar-refractivity contribution is 5.91. The number of benzene rings is 2. The van der Waals surface area contributed by atoms with Crippen molar-refractivity contribution in [3.8, 4) is 5.75 Å². The zero-order valence-corrected chi connectivity index (χ0v) is 16.0. The molecule has 144 valence electrons. The molecule has 0 bridgehead atoms. The van der Waals surface area contributed by atoms with Crippen LogP contribution in [-0.4, -0.2) is 42.3 Å². The van der Waals surface area contributed by atoms with Crippen molar-refractivity contribution in [3.63, 3.8) is 0 Å². The average molecular weight is 368 g/mol. The molecule has 0 radical (unpaired) electrons. The number of likely N-dealkylation sites (tertiary alicyclic amines) is 1. The van der Waals surface area contributed by atoms with Crippen molar-refractivity contribution in [2.75, 3.05) is 25.5 Å². The number of hydrogen-bond acceptors (Lipinski definition) is 3. The van der Waals surface area contributed by atoms with Crippen LogP contribution in [0.15, 0.2) is 54.6 Å². The zero-order chi connectivity index (χ0) is 19.2. The number of nitrogens with one attached hydrogen (secondary N) is 1. The highest BCUT2D eigenvalue weighted by Crippen LogP contribution is 2.38. The van der Waals surface area contributed by atoms with Gasteiger partial charge in [0.25, 0.3) is 0 Å². The molecule has 1 heterocycles. The number of methoxy groups -OCH3 is 1. The summed E-state index contributed by atoms with van der Waals surface area (Å²) in [5, 5.41) is 12.5. The molecular formula is C22H28N2O3. The van der Waals surface area contributed by atoms with E-state index in [4.69, 9.17) is 4.74 Å². The normalized spacial score (nSPS) is 23.2. The number of urea groups is 1. The molecule has 1 saturated heterocycles. The summed E-state index contributed by atoms with van der Waals surface area (Å²) in [4.78, 5) is 14.1. The number of aliphatic hydroxyl groups excluding tert-OH is 1. The van der Waals surface area contributed by atoms with E-state index in [1.807, 2.05) is 47.4 Å². The maximum absolute atomic E-state index is 12.3. The van der Waals surface area contributed by atoms with E-state index in [0.717, 1.165) is 25.9 Å². The monoisotopic (exact) mass is 368 g/mol. The molecule has 3 atom stereocenters. The lowest BCUT2D eigenvalue weighted by atomic mass is 10.0. The Morgan fingerprint density at radius 3 is 2.19 bits per heavy atom. The lowest BCUT2D eigenvalue weighted by Gasteiger charge is -2.19. The van der Waals surface area contributed by atoms with E-state index in [1.165, 1.54) is 5.56 Å². The van der Waals surface area contributed by atoms with Crippen molar-refractivity contribution in [2.24, 2.45) is 11.8 Å². The minimum Gasteiger partial charge on any atom is -0.495 e. The number of amides is 2. The van der Waals surface area contributed by atoms with Gasteiger partial charge in [0.1, 0.15) is 5.75 Å². The summed E-state index contributed by atoms with van der Waals surface area (Å²) in [6.07, 6.45) is 1.47. The van der Waals surface area contributed by atoms with Gasteiger partial charge >= 0.3 is 6.03 Å². The SMILES string of the molecule is COc1ccccc1NC(=O)N1C[C@H]2CC(O)C[C@H]2C1.Cc1ccccc1. The molecule has 4 rings (SSSR count). The van der Waals surface area contributed by atoms with Crippen molar-refractivity contribution < 1.29 is 14.6 Å². The quantitative estimate of drug-likeness (QED) is 0.844. The summed E-state index contributed by atoms with van der Waals surface area (Å²) in [6.45, 7) is 3.56.